The predicted octanol–water partition coefficient (Wildman–Crippen LogP) is 0.946. The van der Waals surface area contributed by atoms with Gasteiger partial charge in [0, 0.05) is 25.8 Å². The van der Waals surface area contributed by atoms with E-state index in [0.29, 0.717) is 19.6 Å². The molecule has 5 heteroatoms. The Balaban J connectivity index is 2.18. The van der Waals surface area contributed by atoms with Gasteiger partial charge in [0.25, 0.3) is 0 Å². The van der Waals surface area contributed by atoms with Crippen molar-refractivity contribution in [2.24, 2.45) is 0 Å². The smallest absolute Gasteiger partial charge is 0.307 e. The van der Waals surface area contributed by atoms with Crippen LogP contribution < -0.4 is 5.32 Å². The van der Waals surface area contributed by atoms with E-state index in [-0.39, 0.29) is 5.97 Å². The lowest BCUT2D eigenvalue weighted by Crippen LogP contribution is -2.20. The highest BCUT2D eigenvalue weighted by molar-refractivity contribution is 5.69. The zero-order valence-electron chi connectivity index (χ0n) is 9.90. The van der Waals surface area contributed by atoms with E-state index in [1.165, 1.54) is 0 Å². The maximum atomic E-state index is 11.0. The molecule has 0 aliphatic carbocycles. The second kappa shape index (κ2) is 7.00. The number of nitrogens with zero attached hydrogens (tertiary/aromatic N) is 2. The molecule has 0 fully saturated rings. The molecule has 0 aliphatic heterocycles. The summed E-state index contributed by atoms with van der Waals surface area (Å²) in [6.07, 6.45) is 2.19. The Bertz CT molecular complexity index is 323. The monoisotopic (exact) mass is 225 g/mol. The number of aromatic nitrogens is 2. The van der Waals surface area contributed by atoms with Gasteiger partial charge in [0.15, 0.2) is 0 Å². The first-order valence-corrected chi connectivity index (χ1v) is 5.65. The highest BCUT2D eigenvalue weighted by Gasteiger charge is 2.02. The van der Waals surface area contributed by atoms with Crippen molar-refractivity contribution < 1.29 is 9.53 Å². The van der Waals surface area contributed by atoms with Crippen LogP contribution in [0.2, 0.25) is 0 Å². The summed E-state index contributed by atoms with van der Waals surface area (Å²) in [6.45, 7) is 6.53. The number of nitrogens with one attached hydrogen (secondary N) is 1. The molecule has 0 spiro atoms. The molecule has 1 aromatic heterocycles. The minimum atomic E-state index is -0.154. The normalized spacial score (nSPS) is 10.4. The van der Waals surface area contributed by atoms with Crippen molar-refractivity contribution in [3.63, 3.8) is 0 Å². The summed E-state index contributed by atoms with van der Waals surface area (Å²) >= 11 is 0. The third kappa shape index (κ3) is 4.02. The maximum Gasteiger partial charge on any atom is 0.307 e. The van der Waals surface area contributed by atoms with E-state index in [4.69, 9.17) is 4.74 Å². The summed E-state index contributed by atoms with van der Waals surface area (Å²) in [4.78, 5) is 11.0. The van der Waals surface area contributed by atoms with Gasteiger partial charge in [-0.1, -0.05) is 0 Å². The van der Waals surface area contributed by atoms with Gasteiger partial charge >= 0.3 is 5.97 Å². The lowest BCUT2D eigenvalue weighted by atomic mass is 10.4. The average Bonchev–Trinajstić information content (AvgIpc) is 2.72. The number of carbonyl (C=O) groups excluding carboxylic acids is 1. The molecule has 0 aliphatic rings. The lowest BCUT2D eigenvalue weighted by Gasteiger charge is -2.06. The van der Waals surface area contributed by atoms with Crippen LogP contribution in [0, 0.1) is 0 Å². The molecule has 0 bridgehead atoms. The Morgan fingerprint density at radius 3 is 3.06 bits per heavy atom. The molecular formula is C11H19N3O2. The Kier molecular flexibility index (Phi) is 5.56. The number of esters is 1. The number of rotatable bonds is 7. The van der Waals surface area contributed by atoms with Crippen LogP contribution in [-0.2, 0) is 22.6 Å². The molecule has 0 atom stereocenters. The van der Waals surface area contributed by atoms with Crippen molar-refractivity contribution in [3.8, 4) is 0 Å². The fraction of sp³-hybridized carbons (Fsp3) is 0.636. The van der Waals surface area contributed by atoms with Crippen molar-refractivity contribution in [2.75, 3.05) is 13.2 Å². The number of aryl methyl sites for hydroxylation is 1. The Morgan fingerprint density at radius 2 is 2.38 bits per heavy atom. The van der Waals surface area contributed by atoms with Crippen LogP contribution in [0.15, 0.2) is 12.3 Å². The zero-order chi connectivity index (χ0) is 11.8. The molecular weight excluding hydrogens is 206 g/mol. The second-order valence-electron chi connectivity index (χ2n) is 3.37. The summed E-state index contributed by atoms with van der Waals surface area (Å²) in [7, 11) is 0. The van der Waals surface area contributed by atoms with E-state index < -0.39 is 0 Å². The molecule has 0 radical (unpaired) electrons. The van der Waals surface area contributed by atoms with Gasteiger partial charge in [-0.05, 0) is 19.9 Å². The quantitative estimate of drug-likeness (QED) is 0.554. The van der Waals surface area contributed by atoms with E-state index in [1.54, 1.807) is 6.20 Å². The molecule has 16 heavy (non-hydrogen) atoms. The van der Waals surface area contributed by atoms with E-state index in [0.717, 1.165) is 18.8 Å². The Labute approximate surface area is 95.8 Å². The average molecular weight is 225 g/mol. The zero-order valence-corrected chi connectivity index (χ0v) is 9.90. The first kappa shape index (κ1) is 12.7. The molecule has 5 nitrogen and oxygen atoms in total. The van der Waals surface area contributed by atoms with Crippen molar-refractivity contribution in [2.45, 2.75) is 33.4 Å². The summed E-state index contributed by atoms with van der Waals surface area (Å²) in [6, 6.07) is 1.97. The number of carbonyl (C=O) groups is 1. The molecule has 90 valence electrons. The topological polar surface area (TPSA) is 56.1 Å². The first-order chi connectivity index (χ1) is 7.77. The van der Waals surface area contributed by atoms with E-state index in [9.17, 15) is 4.79 Å². The van der Waals surface area contributed by atoms with Crippen LogP contribution in [0.3, 0.4) is 0 Å². The minimum absolute atomic E-state index is 0.154. The van der Waals surface area contributed by atoms with E-state index in [2.05, 4.69) is 17.3 Å². The van der Waals surface area contributed by atoms with Crippen molar-refractivity contribution in [3.05, 3.63) is 18.0 Å². The van der Waals surface area contributed by atoms with Crippen LogP contribution in [-0.4, -0.2) is 28.9 Å². The standard InChI is InChI=1S/C11H19N3O2/c1-3-14-10(5-8-13-14)9-12-7-6-11(15)16-4-2/h5,8,12H,3-4,6-7,9H2,1-2H3. The Morgan fingerprint density at radius 1 is 1.56 bits per heavy atom. The van der Waals surface area contributed by atoms with Gasteiger partial charge in [-0.2, -0.15) is 5.10 Å². The largest absolute Gasteiger partial charge is 0.466 e. The van der Waals surface area contributed by atoms with Gasteiger partial charge in [0.05, 0.1) is 18.7 Å². The SMILES string of the molecule is CCOC(=O)CCNCc1ccnn1CC. The fourth-order valence-electron chi connectivity index (χ4n) is 1.44. The van der Waals surface area contributed by atoms with Gasteiger partial charge in [0.2, 0.25) is 0 Å². The summed E-state index contributed by atoms with van der Waals surface area (Å²) in [5.41, 5.74) is 1.13. The van der Waals surface area contributed by atoms with Crippen LogP contribution in [0.25, 0.3) is 0 Å². The summed E-state index contributed by atoms with van der Waals surface area (Å²) in [5, 5.41) is 7.35. The van der Waals surface area contributed by atoms with Gasteiger partial charge in [0.1, 0.15) is 0 Å². The fourth-order valence-corrected chi connectivity index (χ4v) is 1.44. The lowest BCUT2D eigenvalue weighted by molar-refractivity contribution is -0.142. The van der Waals surface area contributed by atoms with Crippen molar-refractivity contribution >= 4 is 5.97 Å². The third-order valence-electron chi connectivity index (χ3n) is 2.22. The van der Waals surface area contributed by atoms with Crippen LogP contribution in [0.4, 0.5) is 0 Å². The molecule has 1 rings (SSSR count). The summed E-state index contributed by atoms with van der Waals surface area (Å²) in [5.74, 6) is -0.154. The number of hydrogen-bond donors (Lipinski definition) is 1. The molecule has 1 heterocycles. The molecule has 0 amide bonds. The highest BCUT2D eigenvalue weighted by Crippen LogP contribution is 1.97. The van der Waals surface area contributed by atoms with Crippen LogP contribution in [0.1, 0.15) is 26.0 Å². The van der Waals surface area contributed by atoms with Crippen LogP contribution >= 0.6 is 0 Å². The third-order valence-corrected chi connectivity index (χ3v) is 2.22. The van der Waals surface area contributed by atoms with E-state index >= 15 is 0 Å². The maximum absolute atomic E-state index is 11.0. The number of hydrogen-bond acceptors (Lipinski definition) is 4. The second-order valence-corrected chi connectivity index (χ2v) is 3.37. The van der Waals surface area contributed by atoms with E-state index in [1.807, 2.05) is 17.7 Å². The number of ether oxygens (including phenoxy) is 1. The first-order valence-electron chi connectivity index (χ1n) is 5.65. The molecule has 1 aromatic rings. The highest BCUT2D eigenvalue weighted by atomic mass is 16.5. The van der Waals surface area contributed by atoms with Gasteiger partial charge in [-0.25, -0.2) is 0 Å². The van der Waals surface area contributed by atoms with Gasteiger partial charge in [-0.3, -0.25) is 9.48 Å². The van der Waals surface area contributed by atoms with Crippen molar-refractivity contribution in [1.29, 1.82) is 0 Å². The Hall–Kier alpha value is -1.36. The van der Waals surface area contributed by atoms with Crippen molar-refractivity contribution in [1.82, 2.24) is 15.1 Å². The molecule has 0 unspecified atom stereocenters. The van der Waals surface area contributed by atoms with Gasteiger partial charge in [-0.15, -0.1) is 0 Å². The molecule has 0 saturated carbocycles. The molecule has 1 N–H and O–H groups in total. The molecule has 0 saturated heterocycles. The molecule has 0 aromatic carbocycles. The van der Waals surface area contributed by atoms with Crippen LogP contribution in [0.5, 0.6) is 0 Å². The predicted molar refractivity (Wildman–Crippen MR) is 60.9 cm³/mol. The minimum Gasteiger partial charge on any atom is -0.466 e. The van der Waals surface area contributed by atoms with Gasteiger partial charge < -0.3 is 10.1 Å². The summed E-state index contributed by atoms with van der Waals surface area (Å²) < 4.78 is 6.76.